The van der Waals surface area contributed by atoms with Crippen molar-refractivity contribution in [3.05, 3.63) is 40.9 Å². The van der Waals surface area contributed by atoms with Gasteiger partial charge in [0.2, 0.25) is 5.88 Å². The number of nitrogens with zero attached hydrogens (tertiary/aromatic N) is 5. The molecular formula is C16H19N5O2. The first-order valence-corrected chi connectivity index (χ1v) is 7.56. The maximum atomic E-state index is 12.8. The van der Waals surface area contributed by atoms with Crippen molar-refractivity contribution in [3.8, 4) is 5.88 Å². The number of hydrogen-bond acceptors (Lipinski definition) is 6. The van der Waals surface area contributed by atoms with Crippen LogP contribution in [0.3, 0.4) is 0 Å². The number of aromatic nitrogens is 4. The zero-order valence-electron chi connectivity index (χ0n) is 13.5. The van der Waals surface area contributed by atoms with Crippen molar-refractivity contribution in [2.75, 3.05) is 20.2 Å². The monoisotopic (exact) mass is 313 g/mol. The van der Waals surface area contributed by atoms with Gasteiger partial charge in [-0.2, -0.15) is 0 Å². The number of aryl methyl sites for hydroxylation is 1. The van der Waals surface area contributed by atoms with Gasteiger partial charge >= 0.3 is 0 Å². The van der Waals surface area contributed by atoms with E-state index in [0.717, 1.165) is 22.5 Å². The van der Waals surface area contributed by atoms with Gasteiger partial charge in [0.1, 0.15) is 18.3 Å². The van der Waals surface area contributed by atoms with Crippen molar-refractivity contribution in [1.82, 2.24) is 24.8 Å². The summed E-state index contributed by atoms with van der Waals surface area (Å²) in [6.45, 7) is 4.96. The van der Waals surface area contributed by atoms with Crippen molar-refractivity contribution in [2.24, 2.45) is 0 Å². The van der Waals surface area contributed by atoms with Crippen LogP contribution in [0.25, 0.3) is 0 Å². The number of fused-ring (bicyclic) bond motifs is 1. The average Bonchev–Trinajstić information content (AvgIpc) is 2.79. The predicted octanol–water partition coefficient (Wildman–Crippen LogP) is 1.13. The molecule has 7 nitrogen and oxygen atoms in total. The maximum Gasteiger partial charge on any atom is 0.272 e. The van der Waals surface area contributed by atoms with Crippen LogP contribution in [-0.4, -0.2) is 50.9 Å². The highest BCUT2D eigenvalue weighted by Gasteiger charge is 2.25. The highest BCUT2D eigenvalue weighted by molar-refractivity contribution is 5.93. The quantitative estimate of drug-likeness (QED) is 0.827. The van der Waals surface area contributed by atoms with Crippen LogP contribution in [0.4, 0.5) is 0 Å². The van der Waals surface area contributed by atoms with Gasteiger partial charge in [-0.15, -0.1) is 0 Å². The smallest absolute Gasteiger partial charge is 0.272 e. The van der Waals surface area contributed by atoms with Crippen LogP contribution in [0.2, 0.25) is 0 Å². The second-order valence-electron chi connectivity index (χ2n) is 5.53. The third-order valence-electron chi connectivity index (χ3n) is 4.26. The molecule has 7 heteroatoms. The van der Waals surface area contributed by atoms with Crippen LogP contribution in [0.1, 0.15) is 33.0 Å². The Balaban J connectivity index is 1.84. The molecule has 3 rings (SSSR count). The number of carbonyl (C=O) groups is 1. The van der Waals surface area contributed by atoms with Gasteiger partial charge in [-0.05, 0) is 20.3 Å². The lowest BCUT2D eigenvalue weighted by Gasteiger charge is -2.20. The fraction of sp³-hybridized carbons (Fsp3) is 0.438. The predicted molar refractivity (Wildman–Crippen MR) is 83.4 cm³/mol. The summed E-state index contributed by atoms with van der Waals surface area (Å²) in [5, 5.41) is 0. The van der Waals surface area contributed by atoms with E-state index in [1.807, 2.05) is 18.7 Å². The number of methoxy groups -OCH3 is 1. The van der Waals surface area contributed by atoms with Crippen molar-refractivity contribution in [1.29, 1.82) is 0 Å². The number of rotatable bonds is 2. The van der Waals surface area contributed by atoms with E-state index in [2.05, 4.69) is 19.9 Å². The zero-order valence-corrected chi connectivity index (χ0v) is 13.5. The molecule has 0 aromatic carbocycles. The summed E-state index contributed by atoms with van der Waals surface area (Å²) in [6.07, 6.45) is 4.31. The molecule has 0 spiro atoms. The van der Waals surface area contributed by atoms with E-state index >= 15 is 0 Å². The van der Waals surface area contributed by atoms with E-state index in [-0.39, 0.29) is 5.91 Å². The van der Waals surface area contributed by atoms with Crippen LogP contribution >= 0.6 is 0 Å². The Hall–Kier alpha value is -2.57. The first-order valence-electron chi connectivity index (χ1n) is 7.56. The van der Waals surface area contributed by atoms with Crippen molar-refractivity contribution in [2.45, 2.75) is 26.7 Å². The van der Waals surface area contributed by atoms with Gasteiger partial charge in [0.25, 0.3) is 5.91 Å². The highest BCUT2D eigenvalue weighted by atomic mass is 16.5. The molecule has 0 bridgehead atoms. The SMILES string of the molecule is COc1ncnc2c1CCN(C(=O)c1ncnc(C)c1C)CC2. The van der Waals surface area contributed by atoms with Crippen LogP contribution < -0.4 is 4.74 Å². The van der Waals surface area contributed by atoms with Gasteiger partial charge in [0, 0.05) is 36.3 Å². The summed E-state index contributed by atoms with van der Waals surface area (Å²) in [7, 11) is 1.60. The first kappa shape index (κ1) is 15.3. The molecule has 0 radical (unpaired) electrons. The summed E-state index contributed by atoms with van der Waals surface area (Å²) in [4.78, 5) is 31.4. The van der Waals surface area contributed by atoms with Crippen molar-refractivity contribution < 1.29 is 9.53 Å². The van der Waals surface area contributed by atoms with Crippen LogP contribution in [-0.2, 0) is 12.8 Å². The maximum absolute atomic E-state index is 12.8. The Bertz CT molecular complexity index is 747. The molecule has 1 aliphatic heterocycles. The molecule has 2 aromatic rings. The van der Waals surface area contributed by atoms with Gasteiger partial charge in [-0.3, -0.25) is 4.79 Å². The number of ether oxygens (including phenoxy) is 1. The molecule has 0 saturated heterocycles. The van der Waals surface area contributed by atoms with Gasteiger partial charge in [0.15, 0.2) is 0 Å². The number of hydrogen-bond donors (Lipinski definition) is 0. The van der Waals surface area contributed by atoms with E-state index in [1.165, 1.54) is 12.7 Å². The van der Waals surface area contributed by atoms with Crippen LogP contribution in [0, 0.1) is 13.8 Å². The van der Waals surface area contributed by atoms with E-state index in [0.29, 0.717) is 37.5 Å². The minimum Gasteiger partial charge on any atom is -0.481 e. The molecule has 0 saturated carbocycles. The topological polar surface area (TPSA) is 81.1 Å². The molecule has 1 aliphatic rings. The van der Waals surface area contributed by atoms with E-state index in [4.69, 9.17) is 4.74 Å². The molecule has 2 aromatic heterocycles. The Morgan fingerprint density at radius 3 is 2.61 bits per heavy atom. The van der Waals surface area contributed by atoms with Gasteiger partial charge in [0.05, 0.1) is 12.8 Å². The Kier molecular flexibility index (Phi) is 4.18. The Morgan fingerprint density at radius 2 is 1.83 bits per heavy atom. The van der Waals surface area contributed by atoms with Crippen LogP contribution in [0.5, 0.6) is 5.88 Å². The molecule has 0 N–H and O–H groups in total. The molecule has 1 amide bonds. The highest BCUT2D eigenvalue weighted by Crippen LogP contribution is 2.22. The minimum atomic E-state index is -0.0623. The number of carbonyl (C=O) groups excluding carboxylic acids is 1. The summed E-state index contributed by atoms with van der Waals surface area (Å²) < 4.78 is 5.31. The van der Waals surface area contributed by atoms with Gasteiger partial charge < -0.3 is 9.64 Å². The first-order chi connectivity index (χ1) is 11.1. The van der Waals surface area contributed by atoms with Gasteiger partial charge in [-0.1, -0.05) is 0 Å². The second kappa shape index (κ2) is 6.28. The van der Waals surface area contributed by atoms with Crippen LogP contribution in [0.15, 0.2) is 12.7 Å². The minimum absolute atomic E-state index is 0.0623. The molecule has 0 aliphatic carbocycles. The number of amides is 1. The molecule has 3 heterocycles. The molecule has 0 fully saturated rings. The van der Waals surface area contributed by atoms with Crippen molar-refractivity contribution in [3.63, 3.8) is 0 Å². The molecule has 0 unspecified atom stereocenters. The zero-order chi connectivity index (χ0) is 16.4. The fourth-order valence-electron chi connectivity index (χ4n) is 2.78. The molecule has 0 atom stereocenters. The van der Waals surface area contributed by atoms with Crippen molar-refractivity contribution >= 4 is 5.91 Å². The largest absolute Gasteiger partial charge is 0.481 e. The van der Waals surface area contributed by atoms with E-state index < -0.39 is 0 Å². The van der Waals surface area contributed by atoms with Gasteiger partial charge in [-0.25, -0.2) is 19.9 Å². The van der Waals surface area contributed by atoms with E-state index in [1.54, 1.807) is 7.11 Å². The molecular weight excluding hydrogens is 294 g/mol. The Labute approximate surface area is 134 Å². The molecule has 23 heavy (non-hydrogen) atoms. The lowest BCUT2D eigenvalue weighted by molar-refractivity contribution is 0.0755. The standard InChI is InChI=1S/C16H19N5O2/c1-10-11(2)17-8-19-14(10)16(22)21-6-4-12-13(5-7-21)18-9-20-15(12)23-3/h8-9H,4-7H2,1-3H3. The lowest BCUT2D eigenvalue weighted by atomic mass is 10.1. The third kappa shape index (κ3) is 2.86. The summed E-state index contributed by atoms with van der Waals surface area (Å²) in [6, 6.07) is 0. The van der Waals surface area contributed by atoms with E-state index in [9.17, 15) is 4.79 Å². The summed E-state index contributed by atoms with van der Waals surface area (Å²) >= 11 is 0. The average molecular weight is 313 g/mol. The molecule has 120 valence electrons. The summed E-state index contributed by atoms with van der Waals surface area (Å²) in [5.41, 5.74) is 4.07. The second-order valence-corrected chi connectivity index (χ2v) is 5.53. The Morgan fingerprint density at radius 1 is 1.09 bits per heavy atom. The lowest BCUT2D eigenvalue weighted by Crippen LogP contribution is -2.34. The fourth-order valence-corrected chi connectivity index (χ4v) is 2.78. The third-order valence-corrected chi connectivity index (χ3v) is 4.26. The summed E-state index contributed by atoms with van der Waals surface area (Å²) in [5.74, 6) is 0.533. The normalized spacial score (nSPS) is 14.1.